The number of aliphatic carboxylic acids is 1. The van der Waals surface area contributed by atoms with Crippen molar-refractivity contribution >= 4 is 17.6 Å². The molecule has 4 nitrogen and oxygen atoms in total. The number of carboxylic acid groups (broad SMARTS) is 1. The first-order valence-electron chi connectivity index (χ1n) is 5.56. The molecule has 0 radical (unpaired) electrons. The lowest BCUT2D eigenvalue weighted by Gasteiger charge is -2.33. The Morgan fingerprint density at radius 1 is 1.50 bits per heavy atom. The predicted octanol–water partition coefficient (Wildman–Crippen LogP) is 2.92. The molecule has 2 rings (SSSR count). The summed E-state index contributed by atoms with van der Waals surface area (Å²) in [7, 11) is 1.27. The molecular formula is C12H10ClF3O4. The van der Waals surface area contributed by atoms with Crippen molar-refractivity contribution < 1.29 is 32.5 Å². The fourth-order valence-corrected chi connectivity index (χ4v) is 2.36. The van der Waals surface area contributed by atoms with E-state index in [1.807, 2.05) is 0 Å². The molecular weight excluding hydrogens is 301 g/mol. The number of alkyl halides is 3. The van der Waals surface area contributed by atoms with E-state index in [1.54, 1.807) is 0 Å². The Morgan fingerprint density at radius 3 is 2.65 bits per heavy atom. The Balaban J connectivity index is 2.50. The Bertz CT molecular complexity index is 544. The van der Waals surface area contributed by atoms with Gasteiger partial charge in [-0.2, -0.15) is 13.2 Å². The van der Waals surface area contributed by atoms with Gasteiger partial charge in [0.1, 0.15) is 5.92 Å². The fourth-order valence-electron chi connectivity index (χ4n) is 2.12. The number of hydrogen-bond donors (Lipinski definition) is 1. The highest BCUT2D eigenvalue weighted by Gasteiger charge is 2.52. The number of carbonyl (C=O) groups is 1. The van der Waals surface area contributed by atoms with Crippen molar-refractivity contribution in [3.05, 3.63) is 22.7 Å². The molecule has 2 atom stereocenters. The van der Waals surface area contributed by atoms with Crippen LogP contribution in [0.1, 0.15) is 5.56 Å². The average Bonchev–Trinajstić information content (AvgIpc) is 2.34. The van der Waals surface area contributed by atoms with Gasteiger partial charge in [0.05, 0.1) is 7.11 Å². The van der Waals surface area contributed by atoms with Gasteiger partial charge in [0.15, 0.2) is 11.5 Å². The van der Waals surface area contributed by atoms with Crippen LogP contribution in [0.2, 0.25) is 5.02 Å². The number of carboxylic acids is 1. The lowest BCUT2D eigenvalue weighted by atomic mass is 9.90. The molecule has 0 saturated carbocycles. The minimum atomic E-state index is -4.79. The van der Waals surface area contributed by atoms with Crippen LogP contribution in [0.3, 0.4) is 0 Å². The molecule has 0 fully saturated rings. The number of rotatable bonds is 2. The van der Waals surface area contributed by atoms with Gasteiger partial charge in [-0.1, -0.05) is 11.6 Å². The molecule has 0 amide bonds. The summed E-state index contributed by atoms with van der Waals surface area (Å²) in [6.45, 7) is 0. The second-order valence-corrected chi connectivity index (χ2v) is 4.76. The molecule has 0 bridgehead atoms. The van der Waals surface area contributed by atoms with Crippen molar-refractivity contribution in [3.8, 4) is 11.5 Å². The summed E-state index contributed by atoms with van der Waals surface area (Å²) < 4.78 is 48.5. The number of fused-ring (bicyclic) bond motifs is 1. The second kappa shape index (κ2) is 5.05. The summed E-state index contributed by atoms with van der Waals surface area (Å²) in [5, 5.41) is 9.18. The standard InChI is InChI=1S/C12H10ClF3O4/c1-19-8-4-6(13)2-5-3-7(11(17)18)10(12(14,15)16)20-9(5)8/h2,4,7,10H,3H2,1H3,(H,17,18). The molecule has 0 aliphatic carbocycles. The van der Waals surface area contributed by atoms with E-state index in [0.717, 1.165) is 0 Å². The Kier molecular flexibility index (Phi) is 3.73. The van der Waals surface area contributed by atoms with Crippen molar-refractivity contribution in [2.75, 3.05) is 7.11 Å². The van der Waals surface area contributed by atoms with Crippen LogP contribution in [-0.4, -0.2) is 30.5 Å². The van der Waals surface area contributed by atoms with Crippen LogP contribution in [0.25, 0.3) is 0 Å². The zero-order chi connectivity index (χ0) is 15.1. The maximum atomic E-state index is 12.9. The van der Waals surface area contributed by atoms with E-state index < -0.39 is 24.2 Å². The molecule has 1 aromatic rings. The van der Waals surface area contributed by atoms with Crippen LogP contribution in [0.5, 0.6) is 11.5 Å². The van der Waals surface area contributed by atoms with E-state index >= 15 is 0 Å². The molecule has 1 heterocycles. The third-order valence-electron chi connectivity index (χ3n) is 3.01. The Labute approximate surface area is 117 Å². The molecule has 1 N–H and O–H groups in total. The van der Waals surface area contributed by atoms with E-state index in [0.29, 0.717) is 0 Å². The van der Waals surface area contributed by atoms with Crippen LogP contribution in [-0.2, 0) is 11.2 Å². The van der Waals surface area contributed by atoms with E-state index in [9.17, 15) is 18.0 Å². The maximum Gasteiger partial charge on any atom is 0.426 e. The summed E-state index contributed by atoms with van der Waals surface area (Å²) >= 11 is 5.81. The Morgan fingerprint density at radius 2 is 2.15 bits per heavy atom. The highest BCUT2D eigenvalue weighted by molar-refractivity contribution is 6.30. The molecule has 8 heteroatoms. The van der Waals surface area contributed by atoms with Gasteiger partial charge in [-0.05, 0) is 12.5 Å². The average molecular weight is 311 g/mol. The largest absolute Gasteiger partial charge is 0.493 e. The lowest BCUT2D eigenvalue weighted by Crippen LogP contribution is -2.47. The van der Waals surface area contributed by atoms with Gasteiger partial charge in [-0.15, -0.1) is 0 Å². The Hall–Kier alpha value is -1.63. The molecule has 0 saturated heterocycles. The van der Waals surface area contributed by atoms with Gasteiger partial charge in [-0.3, -0.25) is 4.79 Å². The number of methoxy groups -OCH3 is 1. The highest BCUT2D eigenvalue weighted by atomic mass is 35.5. The van der Waals surface area contributed by atoms with E-state index in [4.69, 9.17) is 26.2 Å². The smallest absolute Gasteiger partial charge is 0.426 e. The summed E-state index contributed by atoms with van der Waals surface area (Å²) in [5.41, 5.74) is 0.280. The summed E-state index contributed by atoms with van der Waals surface area (Å²) in [4.78, 5) is 11.0. The van der Waals surface area contributed by atoms with Gasteiger partial charge in [0.25, 0.3) is 0 Å². The topological polar surface area (TPSA) is 55.8 Å². The van der Waals surface area contributed by atoms with Crippen molar-refractivity contribution in [3.63, 3.8) is 0 Å². The minimum Gasteiger partial charge on any atom is -0.493 e. The van der Waals surface area contributed by atoms with E-state index in [-0.39, 0.29) is 28.5 Å². The van der Waals surface area contributed by atoms with Crippen LogP contribution < -0.4 is 9.47 Å². The first-order valence-corrected chi connectivity index (χ1v) is 5.94. The van der Waals surface area contributed by atoms with E-state index in [2.05, 4.69) is 0 Å². The predicted molar refractivity (Wildman–Crippen MR) is 63.3 cm³/mol. The minimum absolute atomic E-state index is 0.0468. The molecule has 1 aromatic carbocycles. The van der Waals surface area contributed by atoms with Crippen molar-refractivity contribution in [1.29, 1.82) is 0 Å². The van der Waals surface area contributed by atoms with Crippen LogP contribution in [0.4, 0.5) is 13.2 Å². The molecule has 20 heavy (non-hydrogen) atoms. The molecule has 1 aliphatic rings. The van der Waals surface area contributed by atoms with Crippen LogP contribution in [0.15, 0.2) is 12.1 Å². The number of benzene rings is 1. The van der Waals surface area contributed by atoms with Crippen LogP contribution >= 0.6 is 11.6 Å². The summed E-state index contributed by atoms with van der Waals surface area (Å²) in [6, 6.07) is 2.69. The van der Waals surface area contributed by atoms with Gasteiger partial charge >= 0.3 is 12.1 Å². The first kappa shape index (κ1) is 14.8. The van der Waals surface area contributed by atoms with Gasteiger partial charge < -0.3 is 14.6 Å². The van der Waals surface area contributed by atoms with Gasteiger partial charge in [0.2, 0.25) is 6.10 Å². The van der Waals surface area contributed by atoms with Crippen molar-refractivity contribution in [1.82, 2.24) is 0 Å². The van der Waals surface area contributed by atoms with E-state index in [1.165, 1.54) is 19.2 Å². The quantitative estimate of drug-likeness (QED) is 0.912. The third kappa shape index (κ3) is 2.63. The highest BCUT2D eigenvalue weighted by Crippen LogP contribution is 2.44. The van der Waals surface area contributed by atoms with Crippen LogP contribution in [0, 0.1) is 5.92 Å². The van der Waals surface area contributed by atoms with Gasteiger partial charge in [-0.25, -0.2) is 0 Å². The maximum absolute atomic E-state index is 12.9. The first-order chi connectivity index (χ1) is 9.24. The summed E-state index contributed by atoms with van der Waals surface area (Å²) in [5.74, 6) is -3.36. The summed E-state index contributed by atoms with van der Waals surface area (Å²) in [6.07, 6.45) is -7.53. The molecule has 2 unspecified atom stereocenters. The normalized spacial score (nSPS) is 21.9. The van der Waals surface area contributed by atoms with Crippen molar-refractivity contribution in [2.24, 2.45) is 5.92 Å². The molecule has 0 spiro atoms. The second-order valence-electron chi connectivity index (χ2n) is 4.33. The zero-order valence-electron chi connectivity index (χ0n) is 10.2. The number of hydrogen-bond acceptors (Lipinski definition) is 3. The van der Waals surface area contributed by atoms with Gasteiger partial charge in [0, 0.05) is 16.7 Å². The number of halogens is 4. The molecule has 110 valence electrons. The molecule has 0 aromatic heterocycles. The third-order valence-corrected chi connectivity index (χ3v) is 3.22. The SMILES string of the molecule is COc1cc(Cl)cc2c1OC(C(F)(F)F)C(C(=O)O)C2. The fraction of sp³-hybridized carbons (Fsp3) is 0.417. The zero-order valence-corrected chi connectivity index (χ0v) is 11.0. The lowest BCUT2D eigenvalue weighted by molar-refractivity contribution is -0.217. The monoisotopic (exact) mass is 310 g/mol. The van der Waals surface area contributed by atoms with Crippen molar-refractivity contribution in [2.45, 2.75) is 18.7 Å². The number of ether oxygens (including phenoxy) is 2. The molecule has 1 aliphatic heterocycles.